The Kier molecular flexibility index (Phi) is 7.22. The van der Waals surface area contributed by atoms with Crippen molar-refractivity contribution >= 4 is 8.32 Å². The third-order valence-electron chi connectivity index (χ3n) is 2.88. The Morgan fingerprint density at radius 3 is 2.00 bits per heavy atom. The fraction of sp³-hybridized carbons (Fsp3) is 0.667. The van der Waals surface area contributed by atoms with E-state index < -0.39 is 8.32 Å². The van der Waals surface area contributed by atoms with Crippen LogP contribution >= 0.6 is 0 Å². The molecular formula is C12H24O2Si. The van der Waals surface area contributed by atoms with Gasteiger partial charge in [-0.05, 0) is 25.1 Å². The Balaban J connectivity index is 4.62. The number of allylic oxidation sites excluding steroid dienone is 3. The monoisotopic (exact) mass is 228 g/mol. The number of ether oxygens (including phenoxy) is 1. The summed E-state index contributed by atoms with van der Waals surface area (Å²) >= 11 is 0. The van der Waals surface area contributed by atoms with Crippen LogP contribution in [0.25, 0.3) is 0 Å². The second-order valence-electron chi connectivity index (χ2n) is 3.56. The Labute approximate surface area is 95.1 Å². The molecule has 0 saturated heterocycles. The fourth-order valence-corrected chi connectivity index (χ4v) is 4.01. The molecule has 0 amide bonds. The van der Waals surface area contributed by atoms with E-state index in [2.05, 4.69) is 20.8 Å². The minimum atomic E-state index is -1.58. The van der Waals surface area contributed by atoms with E-state index in [0.29, 0.717) is 5.95 Å². The van der Waals surface area contributed by atoms with E-state index in [1.54, 1.807) is 7.11 Å². The van der Waals surface area contributed by atoms with E-state index in [1.165, 1.54) is 0 Å². The molecule has 3 heteroatoms. The van der Waals surface area contributed by atoms with Gasteiger partial charge < -0.3 is 9.16 Å². The first kappa shape index (κ1) is 14.3. The molecule has 0 N–H and O–H groups in total. The van der Waals surface area contributed by atoms with Gasteiger partial charge in [0, 0.05) is 6.08 Å². The van der Waals surface area contributed by atoms with Gasteiger partial charge in [0.1, 0.15) is 0 Å². The topological polar surface area (TPSA) is 18.5 Å². The van der Waals surface area contributed by atoms with E-state index in [0.717, 1.165) is 18.1 Å². The van der Waals surface area contributed by atoms with Gasteiger partial charge in [0.25, 0.3) is 14.3 Å². The molecule has 0 fully saturated rings. The second-order valence-corrected chi connectivity index (χ2v) is 8.25. The largest absolute Gasteiger partial charge is 0.519 e. The van der Waals surface area contributed by atoms with Crippen molar-refractivity contribution in [2.75, 3.05) is 7.11 Å². The molecule has 0 heterocycles. The molecule has 0 unspecified atom stereocenters. The molecule has 0 aliphatic heterocycles. The van der Waals surface area contributed by atoms with E-state index in [-0.39, 0.29) is 0 Å². The van der Waals surface area contributed by atoms with Crippen LogP contribution in [0.2, 0.25) is 18.1 Å². The molecule has 2 nitrogen and oxygen atoms in total. The van der Waals surface area contributed by atoms with Crippen molar-refractivity contribution in [1.82, 2.24) is 0 Å². The van der Waals surface area contributed by atoms with Gasteiger partial charge in [0.15, 0.2) is 0 Å². The van der Waals surface area contributed by atoms with Crippen LogP contribution in [-0.4, -0.2) is 15.4 Å². The van der Waals surface area contributed by atoms with E-state index in [9.17, 15) is 0 Å². The lowest BCUT2D eigenvalue weighted by molar-refractivity contribution is 0.143. The maximum absolute atomic E-state index is 6.06. The average Bonchev–Trinajstić information content (AvgIpc) is 2.30. The van der Waals surface area contributed by atoms with Crippen LogP contribution in [0.5, 0.6) is 0 Å². The van der Waals surface area contributed by atoms with Gasteiger partial charge in [-0.1, -0.05) is 32.9 Å². The molecule has 0 spiro atoms. The molecule has 15 heavy (non-hydrogen) atoms. The Morgan fingerprint density at radius 1 is 1.13 bits per heavy atom. The summed E-state index contributed by atoms with van der Waals surface area (Å²) in [5, 5.41) is 0. The smallest absolute Gasteiger partial charge is 0.264 e. The first-order valence-corrected chi connectivity index (χ1v) is 8.26. The van der Waals surface area contributed by atoms with Gasteiger partial charge in [-0.3, -0.25) is 0 Å². The Bertz CT molecular complexity index is 209. The highest BCUT2D eigenvalue weighted by molar-refractivity contribution is 6.73. The molecule has 88 valence electrons. The quantitative estimate of drug-likeness (QED) is 0.371. The van der Waals surface area contributed by atoms with Gasteiger partial charge in [0.05, 0.1) is 7.11 Å². The van der Waals surface area contributed by atoms with Gasteiger partial charge in [-0.2, -0.15) is 0 Å². The number of methoxy groups -OCH3 is 1. The molecule has 0 rings (SSSR count). The minimum absolute atomic E-state index is 0.658. The first-order valence-electron chi connectivity index (χ1n) is 5.74. The van der Waals surface area contributed by atoms with Crippen LogP contribution in [0, 0.1) is 0 Å². The minimum Gasteiger partial charge on any atom is -0.519 e. The normalized spacial score (nSPS) is 13.3. The highest BCUT2D eigenvalue weighted by atomic mass is 28.4. The molecule has 0 radical (unpaired) electrons. The lowest BCUT2D eigenvalue weighted by Crippen LogP contribution is -2.35. The van der Waals surface area contributed by atoms with Gasteiger partial charge in [-0.25, -0.2) is 0 Å². The van der Waals surface area contributed by atoms with E-state index in [4.69, 9.17) is 9.16 Å². The number of rotatable bonds is 7. The van der Waals surface area contributed by atoms with Crippen molar-refractivity contribution in [1.29, 1.82) is 0 Å². The standard InChI is InChI=1S/C12H24O2Si/c1-6-10-11-12(13-5)14-15(7-2,8-3)9-4/h6,10-11H,7-9H2,1-5H3/b10-6-,12-11-. The third kappa shape index (κ3) is 4.56. The summed E-state index contributed by atoms with van der Waals surface area (Å²) < 4.78 is 11.3. The number of hydrogen-bond acceptors (Lipinski definition) is 2. The maximum atomic E-state index is 6.06. The first-order chi connectivity index (χ1) is 7.17. The zero-order valence-electron chi connectivity index (χ0n) is 10.7. The average molecular weight is 228 g/mol. The van der Waals surface area contributed by atoms with Crippen molar-refractivity contribution in [3.63, 3.8) is 0 Å². The molecule has 0 atom stereocenters. The number of hydrogen-bond donors (Lipinski definition) is 0. The van der Waals surface area contributed by atoms with Crippen LogP contribution in [0.4, 0.5) is 0 Å². The summed E-state index contributed by atoms with van der Waals surface area (Å²) in [5.41, 5.74) is 0. The second kappa shape index (κ2) is 7.57. The van der Waals surface area contributed by atoms with Gasteiger partial charge in [0.2, 0.25) is 0 Å². The van der Waals surface area contributed by atoms with Crippen LogP contribution in [0.1, 0.15) is 27.7 Å². The molecule has 0 aliphatic rings. The lowest BCUT2D eigenvalue weighted by atomic mass is 10.5. The lowest BCUT2D eigenvalue weighted by Gasteiger charge is -2.29. The van der Waals surface area contributed by atoms with E-state index in [1.807, 2.05) is 25.2 Å². The predicted octanol–water partition coefficient (Wildman–Crippen LogP) is 4.07. The summed E-state index contributed by atoms with van der Waals surface area (Å²) in [6.45, 7) is 8.61. The maximum Gasteiger partial charge on any atom is 0.264 e. The molecule has 0 aromatic rings. The molecule has 0 bridgehead atoms. The van der Waals surface area contributed by atoms with Crippen molar-refractivity contribution in [3.05, 3.63) is 24.2 Å². The summed E-state index contributed by atoms with van der Waals surface area (Å²) in [7, 11) is 0.0836. The summed E-state index contributed by atoms with van der Waals surface area (Å²) in [5.74, 6) is 0.658. The van der Waals surface area contributed by atoms with E-state index >= 15 is 0 Å². The predicted molar refractivity (Wildman–Crippen MR) is 68.2 cm³/mol. The fourth-order valence-electron chi connectivity index (χ4n) is 1.50. The third-order valence-corrected chi connectivity index (χ3v) is 7.38. The summed E-state index contributed by atoms with van der Waals surface area (Å²) in [6.07, 6.45) is 5.80. The van der Waals surface area contributed by atoms with Crippen molar-refractivity contribution in [3.8, 4) is 0 Å². The summed E-state index contributed by atoms with van der Waals surface area (Å²) in [4.78, 5) is 0. The molecule has 0 saturated carbocycles. The van der Waals surface area contributed by atoms with Crippen molar-refractivity contribution in [2.24, 2.45) is 0 Å². The van der Waals surface area contributed by atoms with Crippen LogP contribution in [0.15, 0.2) is 24.2 Å². The highest BCUT2D eigenvalue weighted by Gasteiger charge is 2.31. The Morgan fingerprint density at radius 2 is 1.67 bits per heavy atom. The highest BCUT2D eigenvalue weighted by Crippen LogP contribution is 2.24. The zero-order valence-corrected chi connectivity index (χ0v) is 11.7. The van der Waals surface area contributed by atoms with Crippen molar-refractivity contribution < 1.29 is 9.16 Å². The van der Waals surface area contributed by atoms with Gasteiger partial charge in [-0.15, -0.1) is 0 Å². The Hall–Kier alpha value is -0.703. The zero-order chi connectivity index (χ0) is 11.7. The molecule has 0 aromatic carbocycles. The van der Waals surface area contributed by atoms with Crippen LogP contribution < -0.4 is 0 Å². The molecular weight excluding hydrogens is 204 g/mol. The molecule has 0 aromatic heterocycles. The summed E-state index contributed by atoms with van der Waals surface area (Å²) in [6, 6.07) is 3.41. The van der Waals surface area contributed by atoms with Gasteiger partial charge >= 0.3 is 0 Å². The van der Waals surface area contributed by atoms with Crippen LogP contribution in [-0.2, 0) is 9.16 Å². The van der Waals surface area contributed by atoms with Crippen molar-refractivity contribution in [2.45, 2.75) is 45.8 Å². The van der Waals surface area contributed by atoms with Crippen LogP contribution in [0.3, 0.4) is 0 Å². The molecule has 0 aliphatic carbocycles. The SMILES string of the molecule is C/C=C\C=C(\OC)O[Si](CC)(CC)CC.